The zero-order valence-corrected chi connectivity index (χ0v) is 21.8. The number of hydrazone groups is 1. The van der Waals surface area contributed by atoms with Gasteiger partial charge >= 0.3 is 5.97 Å². The lowest BCUT2D eigenvalue weighted by atomic mass is 10.2. The number of nitrogens with zero attached hydrogens (tertiary/aromatic N) is 2. The number of nitro groups is 1. The molecule has 0 fully saturated rings. The second-order valence-corrected chi connectivity index (χ2v) is 8.59. The van der Waals surface area contributed by atoms with Crippen molar-refractivity contribution in [3.05, 3.63) is 98.0 Å². The summed E-state index contributed by atoms with van der Waals surface area (Å²) >= 11 is 3.33. The lowest BCUT2D eigenvalue weighted by Gasteiger charge is -2.10. The molecular formula is C26H23BrN4O7. The molecule has 3 aromatic carbocycles. The number of nitrogens with one attached hydrogen (secondary N) is 2. The summed E-state index contributed by atoms with van der Waals surface area (Å²) in [7, 11) is 1.40. The first-order valence-electron chi connectivity index (χ1n) is 11.3. The van der Waals surface area contributed by atoms with Crippen LogP contribution in [0, 0.1) is 10.1 Å². The fraction of sp³-hybridized carbons (Fsp3) is 0.154. The number of hydrogen-bond donors (Lipinski definition) is 2. The molecule has 2 amide bonds. The molecule has 0 bridgehead atoms. The van der Waals surface area contributed by atoms with E-state index in [1.54, 1.807) is 30.3 Å². The number of benzene rings is 3. The zero-order valence-electron chi connectivity index (χ0n) is 20.2. The van der Waals surface area contributed by atoms with Crippen LogP contribution < -0.4 is 20.2 Å². The predicted octanol–water partition coefficient (Wildman–Crippen LogP) is 4.25. The Bertz CT molecular complexity index is 1360. The Morgan fingerprint density at radius 3 is 2.47 bits per heavy atom. The highest BCUT2D eigenvalue weighted by Gasteiger charge is 2.15. The number of nitro benzene ring substituents is 1. The molecule has 38 heavy (non-hydrogen) atoms. The molecule has 0 saturated heterocycles. The fourth-order valence-electron chi connectivity index (χ4n) is 3.15. The van der Waals surface area contributed by atoms with E-state index in [2.05, 4.69) is 31.8 Å². The van der Waals surface area contributed by atoms with Crippen LogP contribution in [-0.2, 0) is 4.79 Å². The van der Waals surface area contributed by atoms with Gasteiger partial charge in [0.05, 0.1) is 29.4 Å². The second-order valence-electron chi connectivity index (χ2n) is 7.74. The van der Waals surface area contributed by atoms with Gasteiger partial charge in [-0.1, -0.05) is 12.1 Å². The largest absolute Gasteiger partial charge is 0.493 e. The summed E-state index contributed by atoms with van der Waals surface area (Å²) in [6, 6.07) is 16.7. The summed E-state index contributed by atoms with van der Waals surface area (Å²) in [6.45, 7) is 0.328. The van der Waals surface area contributed by atoms with Crippen molar-refractivity contribution in [2.75, 3.05) is 13.7 Å². The van der Waals surface area contributed by atoms with E-state index in [0.717, 1.165) is 0 Å². The van der Waals surface area contributed by atoms with Crippen molar-refractivity contribution in [1.29, 1.82) is 0 Å². The number of non-ortho nitro benzene ring substituents is 1. The maximum atomic E-state index is 12.4. The van der Waals surface area contributed by atoms with E-state index in [0.29, 0.717) is 28.6 Å². The van der Waals surface area contributed by atoms with Crippen LogP contribution in [0.2, 0.25) is 0 Å². The van der Waals surface area contributed by atoms with Gasteiger partial charge in [0.1, 0.15) is 0 Å². The van der Waals surface area contributed by atoms with Gasteiger partial charge in [0.15, 0.2) is 11.5 Å². The first kappa shape index (κ1) is 28.0. The van der Waals surface area contributed by atoms with E-state index in [4.69, 9.17) is 9.47 Å². The highest BCUT2D eigenvalue weighted by molar-refractivity contribution is 9.10. The van der Waals surface area contributed by atoms with E-state index in [1.807, 2.05) is 6.07 Å². The van der Waals surface area contributed by atoms with Crippen molar-refractivity contribution >= 4 is 45.6 Å². The quantitative estimate of drug-likeness (QED) is 0.0856. The van der Waals surface area contributed by atoms with Gasteiger partial charge in [0.25, 0.3) is 11.6 Å². The molecule has 0 unspecified atom stereocenters. The van der Waals surface area contributed by atoms with Crippen LogP contribution in [-0.4, -0.2) is 42.6 Å². The van der Waals surface area contributed by atoms with E-state index in [9.17, 15) is 24.5 Å². The van der Waals surface area contributed by atoms with Crippen LogP contribution >= 0.6 is 15.9 Å². The molecule has 12 heteroatoms. The molecule has 0 aliphatic carbocycles. The molecule has 3 rings (SSSR count). The number of halogens is 1. The third-order valence-electron chi connectivity index (χ3n) is 5.09. The number of carbonyl (C=O) groups excluding carboxylic acids is 3. The molecule has 0 aliphatic rings. The Morgan fingerprint density at radius 1 is 1.05 bits per heavy atom. The lowest BCUT2D eigenvalue weighted by molar-refractivity contribution is -0.384. The third kappa shape index (κ3) is 7.96. The van der Waals surface area contributed by atoms with Crippen molar-refractivity contribution in [2.45, 2.75) is 12.8 Å². The van der Waals surface area contributed by atoms with Crippen molar-refractivity contribution in [3.8, 4) is 11.5 Å². The molecule has 0 aromatic heterocycles. The number of hydrogen-bond acceptors (Lipinski definition) is 8. The highest BCUT2D eigenvalue weighted by Crippen LogP contribution is 2.28. The summed E-state index contributed by atoms with van der Waals surface area (Å²) in [5, 5.41) is 17.4. The number of amides is 2. The van der Waals surface area contributed by atoms with Crippen LogP contribution in [0.3, 0.4) is 0 Å². The SMILES string of the molecule is COc1cc(/C=N/NC(=O)CCCNC(=O)c2ccccc2Br)ccc1OC(=O)c1ccc([N+](=O)[O-])cc1. The van der Waals surface area contributed by atoms with Crippen molar-refractivity contribution in [2.24, 2.45) is 5.10 Å². The maximum Gasteiger partial charge on any atom is 0.343 e. The smallest absolute Gasteiger partial charge is 0.343 e. The van der Waals surface area contributed by atoms with E-state index < -0.39 is 10.9 Å². The third-order valence-corrected chi connectivity index (χ3v) is 5.78. The van der Waals surface area contributed by atoms with Gasteiger partial charge in [0.2, 0.25) is 5.91 Å². The average Bonchev–Trinajstić information content (AvgIpc) is 2.92. The average molecular weight is 583 g/mol. The van der Waals surface area contributed by atoms with Gasteiger partial charge < -0.3 is 14.8 Å². The Labute approximate surface area is 226 Å². The number of esters is 1. The summed E-state index contributed by atoms with van der Waals surface area (Å²) in [5.74, 6) is -0.874. The number of rotatable bonds is 11. The van der Waals surface area contributed by atoms with Gasteiger partial charge in [-0.15, -0.1) is 0 Å². The van der Waals surface area contributed by atoms with Crippen LogP contribution in [0.1, 0.15) is 39.1 Å². The monoisotopic (exact) mass is 582 g/mol. The van der Waals surface area contributed by atoms with Crippen LogP contribution in [0.15, 0.2) is 76.3 Å². The molecule has 2 N–H and O–H groups in total. The fourth-order valence-corrected chi connectivity index (χ4v) is 3.62. The molecular weight excluding hydrogens is 560 g/mol. The Balaban J connectivity index is 1.47. The molecule has 0 heterocycles. The maximum absolute atomic E-state index is 12.4. The number of ether oxygens (including phenoxy) is 2. The van der Waals surface area contributed by atoms with Gasteiger partial charge in [-0.05, 0) is 70.4 Å². The van der Waals surface area contributed by atoms with Gasteiger partial charge in [0, 0.05) is 29.6 Å². The molecule has 0 aliphatic heterocycles. The molecule has 11 nitrogen and oxygen atoms in total. The number of methoxy groups -OCH3 is 1. The molecule has 0 atom stereocenters. The minimum absolute atomic E-state index is 0.138. The van der Waals surface area contributed by atoms with E-state index >= 15 is 0 Å². The number of carbonyl (C=O) groups is 3. The summed E-state index contributed by atoms with van der Waals surface area (Å²) in [4.78, 5) is 46.8. The minimum atomic E-state index is -0.709. The van der Waals surface area contributed by atoms with Gasteiger partial charge in [-0.25, -0.2) is 10.2 Å². The normalized spacial score (nSPS) is 10.6. The summed E-state index contributed by atoms with van der Waals surface area (Å²) in [6.07, 6.45) is 1.99. The highest BCUT2D eigenvalue weighted by atomic mass is 79.9. The summed E-state index contributed by atoms with van der Waals surface area (Å²) < 4.78 is 11.3. The Kier molecular flexibility index (Phi) is 10.1. The van der Waals surface area contributed by atoms with Gasteiger partial charge in [-0.2, -0.15) is 5.10 Å². The molecule has 0 spiro atoms. The van der Waals surface area contributed by atoms with E-state index in [1.165, 1.54) is 43.7 Å². The van der Waals surface area contributed by atoms with Crippen molar-refractivity contribution in [1.82, 2.24) is 10.7 Å². The van der Waals surface area contributed by atoms with Crippen LogP contribution in [0.4, 0.5) is 5.69 Å². The standard InChI is InChI=1S/C26H23BrN4O7/c1-37-23-15-17(8-13-22(23)38-26(34)18-9-11-19(12-10-18)31(35)36)16-29-30-24(32)7-4-14-28-25(33)20-5-2-3-6-21(20)27/h2-3,5-6,8-13,15-16H,4,7,14H2,1H3,(H,28,33)(H,30,32)/b29-16+. The minimum Gasteiger partial charge on any atom is -0.493 e. The molecule has 0 radical (unpaired) electrons. The Morgan fingerprint density at radius 2 is 1.79 bits per heavy atom. The van der Waals surface area contributed by atoms with Crippen molar-refractivity contribution < 1.29 is 28.8 Å². The first-order valence-corrected chi connectivity index (χ1v) is 12.1. The Hall–Kier alpha value is -4.58. The van der Waals surface area contributed by atoms with Gasteiger partial charge in [-0.3, -0.25) is 19.7 Å². The molecule has 3 aromatic rings. The van der Waals surface area contributed by atoms with Crippen molar-refractivity contribution in [3.63, 3.8) is 0 Å². The van der Waals surface area contributed by atoms with Crippen LogP contribution in [0.25, 0.3) is 0 Å². The lowest BCUT2D eigenvalue weighted by Crippen LogP contribution is -2.26. The van der Waals surface area contributed by atoms with E-state index in [-0.39, 0.29) is 41.0 Å². The topological polar surface area (TPSA) is 149 Å². The zero-order chi connectivity index (χ0) is 27.5. The molecule has 0 saturated carbocycles. The molecule has 196 valence electrons. The predicted molar refractivity (Wildman–Crippen MR) is 142 cm³/mol. The second kappa shape index (κ2) is 13.7. The van der Waals surface area contributed by atoms with Crippen LogP contribution in [0.5, 0.6) is 11.5 Å². The first-order chi connectivity index (χ1) is 18.3. The summed E-state index contributed by atoms with van der Waals surface area (Å²) in [5.41, 5.74) is 3.50.